The summed E-state index contributed by atoms with van der Waals surface area (Å²) >= 11 is 0. The van der Waals surface area contributed by atoms with E-state index in [1.807, 2.05) is 23.0 Å². The van der Waals surface area contributed by atoms with Crippen LogP contribution in [-0.2, 0) is 19.1 Å². The number of aliphatic carboxylic acids is 3. The molecule has 1 aliphatic rings. The highest BCUT2D eigenvalue weighted by Gasteiger charge is 2.40. The molecule has 1 aliphatic heterocycles. The number of aromatic nitrogens is 3. The molecule has 0 aliphatic carbocycles. The van der Waals surface area contributed by atoms with Crippen LogP contribution in [0.3, 0.4) is 0 Å². The monoisotopic (exact) mass is 595 g/mol. The summed E-state index contributed by atoms with van der Waals surface area (Å²) in [5.74, 6) is -4.59. The number of rotatable bonds is 12. The van der Waals surface area contributed by atoms with E-state index in [1.165, 1.54) is 18.4 Å². The van der Waals surface area contributed by atoms with Crippen LogP contribution in [-0.4, -0.2) is 78.2 Å². The molecule has 1 saturated heterocycles. The molecule has 0 saturated carbocycles. The molecule has 0 spiro atoms. The Bertz CT molecular complexity index is 1440. The maximum atomic E-state index is 10.3. The van der Waals surface area contributed by atoms with Crippen LogP contribution in [0.15, 0.2) is 36.8 Å². The smallest absolute Gasteiger partial charge is 0.336 e. The van der Waals surface area contributed by atoms with E-state index in [9.17, 15) is 19.6 Å². The van der Waals surface area contributed by atoms with Crippen molar-refractivity contribution in [1.82, 2.24) is 19.9 Å². The molecule has 43 heavy (non-hydrogen) atoms. The van der Waals surface area contributed by atoms with Gasteiger partial charge in [0.1, 0.15) is 23.4 Å². The number of morpholine rings is 1. The number of nitrogens with zero attached hydrogens (tertiary/aromatic N) is 4. The molecule has 5 N–H and O–H groups in total. The highest BCUT2D eigenvalue weighted by molar-refractivity contribution is 5.88. The number of hydrogen-bond acceptors (Lipinski definition) is 9. The lowest BCUT2D eigenvalue weighted by Gasteiger charge is -2.22. The predicted molar refractivity (Wildman–Crippen MR) is 154 cm³/mol. The SMILES string of the molecule is CCCCC(CC)c1ccn2nc(C3CNCCO3)c(C#N)c2c1-c1cccnc1.O=C(O)CC(O)(CC(=O)O)C(=O)O. The minimum atomic E-state index is -2.74. The van der Waals surface area contributed by atoms with E-state index < -0.39 is 36.4 Å². The number of fused-ring (bicyclic) bond motifs is 1. The van der Waals surface area contributed by atoms with Gasteiger partial charge in [-0.1, -0.05) is 32.8 Å². The van der Waals surface area contributed by atoms with Gasteiger partial charge in [-0.05, 0) is 36.5 Å². The molecule has 230 valence electrons. The Hall–Kier alpha value is -4.38. The Morgan fingerprint density at radius 2 is 1.93 bits per heavy atom. The lowest BCUT2D eigenvalue weighted by Crippen LogP contribution is -2.42. The molecule has 0 radical (unpaired) electrons. The molecule has 0 bridgehead atoms. The van der Waals surface area contributed by atoms with Crippen molar-refractivity contribution < 1.29 is 39.5 Å². The summed E-state index contributed by atoms with van der Waals surface area (Å²) in [6, 6.07) is 8.65. The Morgan fingerprint density at radius 3 is 2.44 bits per heavy atom. The second kappa shape index (κ2) is 15.2. The van der Waals surface area contributed by atoms with Gasteiger partial charge < -0.3 is 30.5 Å². The van der Waals surface area contributed by atoms with Gasteiger partial charge in [0.05, 0.1) is 25.0 Å². The number of nitrogens with one attached hydrogen (secondary N) is 1. The topological polar surface area (TPSA) is 207 Å². The normalized spacial score (nSPS) is 15.6. The zero-order valence-corrected chi connectivity index (χ0v) is 24.2. The standard InChI is InChI=1S/C24H29N5O.C6H8O7/c1-3-5-7-17(4-2)19-9-12-29-24(22(19)18-8-6-10-26-15-18)20(14-25)23(28-29)21-16-27-11-13-30-21;7-3(8)1-6(13,5(11)12)2-4(9)10/h6,8-10,12,15,17,21,27H,3-5,7,11,13,16H2,1-2H3;13H,1-2H2,(H,7,8)(H,9,10)(H,11,12). The summed E-state index contributed by atoms with van der Waals surface area (Å²) in [6.45, 7) is 6.59. The summed E-state index contributed by atoms with van der Waals surface area (Å²) in [7, 11) is 0. The van der Waals surface area contributed by atoms with Crippen LogP contribution in [0.25, 0.3) is 16.6 Å². The van der Waals surface area contributed by atoms with E-state index >= 15 is 0 Å². The minimum Gasteiger partial charge on any atom is -0.481 e. The van der Waals surface area contributed by atoms with Crippen LogP contribution in [0.5, 0.6) is 0 Å². The molecule has 13 heteroatoms. The van der Waals surface area contributed by atoms with Gasteiger partial charge in [-0.25, -0.2) is 9.31 Å². The molecule has 13 nitrogen and oxygen atoms in total. The third-order valence-corrected chi connectivity index (χ3v) is 7.28. The molecule has 3 aromatic heterocycles. The zero-order valence-electron chi connectivity index (χ0n) is 24.2. The minimum absolute atomic E-state index is 0.208. The van der Waals surface area contributed by atoms with Crippen molar-refractivity contribution in [3.8, 4) is 17.2 Å². The number of hydrogen-bond donors (Lipinski definition) is 5. The first-order chi connectivity index (χ1) is 20.6. The maximum Gasteiger partial charge on any atom is 0.336 e. The van der Waals surface area contributed by atoms with Gasteiger partial charge in [-0.3, -0.25) is 14.6 Å². The second-order valence-corrected chi connectivity index (χ2v) is 10.3. The molecule has 3 aromatic rings. The number of unbranched alkanes of at least 4 members (excludes halogenated alkanes) is 1. The van der Waals surface area contributed by atoms with Crippen LogP contribution < -0.4 is 5.32 Å². The van der Waals surface area contributed by atoms with Crippen molar-refractivity contribution in [2.24, 2.45) is 0 Å². The van der Waals surface area contributed by atoms with Crippen LogP contribution in [0, 0.1) is 11.3 Å². The lowest BCUT2D eigenvalue weighted by atomic mass is 9.85. The Kier molecular flexibility index (Phi) is 11.7. The van der Waals surface area contributed by atoms with E-state index in [1.54, 1.807) is 6.20 Å². The molecular formula is C30H37N5O8. The van der Waals surface area contributed by atoms with Crippen LogP contribution in [0.1, 0.15) is 81.2 Å². The lowest BCUT2D eigenvalue weighted by molar-refractivity contribution is -0.170. The van der Waals surface area contributed by atoms with E-state index in [0.717, 1.165) is 36.0 Å². The van der Waals surface area contributed by atoms with Gasteiger partial charge in [0.15, 0.2) is 5.60 Å². The Balaban J connectivity index is 0.000000331. The number of pyridine rings is 2. The van der Waals surface area contributed by atoms with Gasteiger partial charge >= 0.3 is 17.9 Å². The van der Waals surface area contributed by atoms with Crippen LogP contribution in [0.2, 0.25) is 0 Å². The van der Waals surface area contributed by atoms with Gasteiger partial charge in [0.25, 0.3) is 0 Å². The fourth-order valence-corrected chi connectivity index (χ4v) is 5.15. The van der Waals surface area contributed by atoms with Crippen molar-refractivity contribution in [3.63, 3.8) is 0 Å². The first kappa shape index (κ1) is 33.1. The second-order valence-electron chi connectivity index (χ2n) is 10.3. The number of carboxylic acids is 3. The van der Waals surface area contributed by atoms with Crippen LogP contribution in [0.4, 0.5) is 0 Å². The quantitative estimate of drug-likeness (QED) is 0.204. The van der Waals surface area contributed by atoms with Crippen molar-refractivity contribution in [3.05, 3.63) is 53.6 Å². The van der Waals surface area contributed by atoms with Gasteiger partial charge in [-0.2, -0.15) is 10.4 Å². The van der Waals surface area contributed by atoms with Crippen molar-refractivity contribution >= 4 is 23.4 Å². The van der Waals surface area contributed by atoms with E-state index in [2.05, 4.69) is 42.4 Å². The molecule has 4 heterocycles. The molecular weight excluding hydrogens is 558 g/mol. The van der Waals surface area contributed by atoms with Gasteiger partial charge in [0.2, 0.25) is 0 Å². The Morgan fingerprint density at radius 1 is 1.21 bits per heavy atom. The summed E-state index contributed by atoms with van der Waals surface area (Å²) in [5.41, 5.74) is 2.83. The summed E-state index contributed by atoms with van der Waals surface area (Å²) in [4.78, 5) is 34.8. The van der Waals surface area contributed by atoms with E-state index in [4.69, 9.17) is 30.3 Å². The maximum absolute atomic E-state index is 10.3. The van der Waals surface area contributed by atoms with E-state index in [0.29, 0.717) is 30.3 Å². The van der Waals surface area contributed by atoms with Crippen molar-refractivity contribution in [1.29, 1.82) is 5.26 Å². The molecule has 4 rings (SSSR count). The fraction of sp³-hybridized carbons (Fsp3) is 0.467. The number of ether oxygens (including phenoxy) is 1. The van der Waals surface area contributed by atoms with Crippen LogP contribution >= 0.6 is 0 Å². The Labute approximate surface area is 248 Å². The summed E-state index contributed by atoms with van der Waals surface area (Å²) < 4.78 is 7.78. The fourth-order valence-electron chi connectivity index (χ4n) is 5.15. The third kappa shape index (κ3) is 8.13. The summed E-state index contributed by atoms with van der Waals surface area (Å²) in [5, 5.41) is 52.1. The summed E-state index contributed by atoms with van der Waals surface area (Å²) in [6.07, 6.45) is 7.73. The molecule has 0 amide bonds. The average Bonchev–Trinajstić information content (AvgIpc) is 3.36. The largest absolute Gasteiger partial charge is 0.481 e. The number of carboxylic acid groups (broad SMARTS) is 3. The third-order valence-electron chi connectivity index (χ3n) is 7.28. The van der Waals surface area contributed by atoms with Crippen molar-refractivity contribution in [2.45, 2.75) is 70.0 Å². The first-order valence-electron chi connectivity index (χ1n) is 14.1. The molecule has 2 unspecified atom stereocenters. The number of carbonyl (C=O) groups is 3. The van der Waals surface area contributed by atoms with Crippen molar-refractivity contribution in [2.75, 3.05) is 19.7 Å². The number of nitriles is 1. The molecule has 1 fully saturated rings. The molecule has 0 aromatic carbocycles. The average molecular weight is 596 g/mol. The van der Waals surface area contributed by atoms with Gasteiger partial charge in [-0.15, -0.1) is 0 Å². The van der Waals surface area contributed by atoms with Gasteiger partial charge in [0, 0.05) is 42.8 Å². The highest BCUT2D eigenvalue weighted by atomic mass is 16.5. The predicted octanol–water partition coefficient (Wildman–Crippen LogP) is 3.36. The molecule has 2 atom stereocenters. The first-order valence-corrected chi connectivity index (χ1v) is 14.1. The number of aliphatic hydroxyl groups is 1. The zero-order chi connectivity index (χ0) is 31.6. The van der Waals surface area contributed by atoms with E-state index in [-0.39, 0.29) is 6.10 Å². The highest BCUT2D eigenvalue weighted by Crippen LogP contribution is 2.39.